The number of imide groups is 1. The lowest BCUT2D eigenvalue weighted by atomic mass is 10.0. The van der Waals surface area contributed by atoms with Crippen LogP contribution in [-0.2, 0) is 20.9 Å². The minimum absolute atomic E-state index is 0.109. The van der Waals surface area contributed by atoms with E-state index >= 15 is 0 Å². The van der Waals surface area contributed by atoms with Crippen LogP contribution in [0.1, 0.15) is 64.8 Å². The first-order chi connectivity index (χ1) is 16.9. The number of anilines is 1. The Morgan fingerprint density at radius 3 is 2.54 bits per heavy atom. The molecule has 4 rings (SSSR count). The maximum atomic E-state index is 12.9. The van der Waals surface area contributed by atoms with Crippen molar-refractivity contribution in [3.05, 3.63) is 65.2 Å². The SMILES string of the molecule is O=C1CCC(N2Cc3c(NC(=O)CCCCCNC(=O)c4ccccc4)cccc3C2=O)C(=O)N1. The summed E-state index contributed by atoms with van der Waals surface area (Å²) in [6, 6.07) is 13.5. The molecule has 2 heterocycles. The Labute approximate surface area is 203 Å². The summed E-state index contributed by atoms with van der Waals surface area (Å²) < 4.78 is 0. The standard InChI is InChI=1S/C26H28N4O5/c31-22(12-5-2-6-15-27-24(33)17-8-3-1-4-9-17)28-20-11-7-10-18-19(20)16-30(26(18)35)21-13-14-23(32)29-25(21)34/h1,3-4,7-11,21H,2,5-6,12-16H2,(H,27,33)(H,28,31)(H,29,32,34). The molecule has 9 heteroatoms. The predicted octanol–water partition coefficient (Wildman–Crippen LogP) is 2.38. The van der Waals surface area contributed by atoms with Gasteiger partial charge in [0.25, 0.3) is 11.8 Å². The molecular formula is C26H28N4O5. The van der Waals surface area contributed by atoms with E-state index in [0.29, 0.717) is 41.8 Å². The number of rotatable bonds is 9. The van der Waals surface area contributed by atoms with Crippen LogP contribution in [0.15, 0.2) is 48.5 Å². The van der Waals surface area contributed by atoms with Crippen LogP contribution in [0, 0.1) is 0 Å². The molecule has 0 aromatic heterocycles. The van der Waals surface area contributed by atoms with Gasteiger partial charge < -0.3 is 15.5 Å². The number of piperidine rings is 1. The Kier molecular flexibility index (Phi) is 7.54. The molecule has 1 unspecified atom stereocenters. The second-order valence-corrected chi connectivity index (χ2v) is 8.71. The van der Waals surface area contributed by atoms with Crippen LogP contribution >= 0.6 is 0 Å². The number of hydrogen-bond donors (Lipinski definition) is 3. The highest BCUT2D eigenvalue weighted by molar-refractivity contribution is 6.06. The van der Waals surface area contributed by atoms with Gasteiger partial charge in [-0.05, 0) is 43.5 Å². The zero-order valence-electron chi connectivity index (χ0n) is 19.3. The summed E-state index contributed by atoms with van der Waals surface area (Å²) in [4.78, 5) is 62.6. The molecule has 2 aliphatic heterocycles. The fourth-order valence-corrected chi connectivity index (χ4v) is 4.40. The van der Waals surface area contributed by atoms with Gasteiger partial charge in [0.15, 0.2) is 0 Å². The lowest BCUT2D eigenvalue weighted by Crippen LogP contribution is -2.52. The van der Waals surface area contributed by atoms with E-state index in [1.807, 2.05) is 18.2 Å². The van der Waals surface area contributed by atoms with Crippen molar-refractivity contribution in [3.63, 3.8) is 0 Å². The molecule has 0 bridgehead atoms. The molecule has 0 saturated carbocycles. The first-order valence-electron chi connectivity index (χ1n) is 11.8. The predicted molar refractivity (Wildman–Crippen MR) is 128 cm³/mol. The van der Waals surface area contributed by atoms with Crippen LogP contribution < -0.4 is 16.0 Å². The molecule has 2 aliphatic rings. The molecule has 1 fully saturated rings. The van der Waals surface area contributed by atoms with Gasteiger partial charge >= 0.3 is 0 Å². The van der Waals surface area contributed by atoms with Gasteiger partial charge in [0.2, 0.25) is 17.7 Å². The highest BCUT2D eigenvalue weighted by Crippen LogP contribution is 2.32. The number of carbonyl (C=O) groups is 5. The third-order valence-corrected chi connectivity index (χ3v) is 6.26. The van der Waals surface area contributed by atoms with Crippen molar-refractivity contribution >= 4 is 35.2 Å². The average Bonchev–Trinajstić information content (AvgIpc) is 3.19. The summed E-state index contributed by atoms with van der Waals surface area (Å²) >= 11 is 0. The quantitative estimate of drug-likeness (QED) is 0.379. The van der Waals surface area contributed by atoms with Gasteiger partial charge in [-0.1, -0.05) is 30.7 Å². The van der Waals surface area contributed by atoms with Crippen LogP contribution in [0.5, 0.6) is 0 Å². The number of amides is 5. The molecule has 35 heavy (non-hydrogen) atoms. The number of hydrogen-bond acceptors (Lipinski definition) is 5. The smallest absolute Gasteiger partial charge is 0.255 e. The molecular weight excluding hydrogens is 448 g/mol. The summed E-state index contributed by atoms with van der Waals surface area (Å²) in [7, 11) is 0. The van der Waals surface area contributed by atoms with E-state index in [1.165, 1.54) is 4.90 Å². The van der Waals surface area contributed by atoms with Crippen LogP contribution in [0.2, 0.25) is 0 Å². The molecule has 5 amide bonds. The van der Waals surface area contributed by atoms with Gasteiger partial charge in [-0.25, -0.2) is 0 Å². The maximum Gasteiger partial charge on any atom is 0.255 e. The summed E-state index contributed by atoms with van der Waals surface area (Å²) in [6.07, 6.45) is 3.03. The van der Waals surface area contributed by atoms with E-state index in [0.717, 1.165) is 12.8 Å². The van der Waals surface area contributed by atoms with Crippen LogP contribution in [0.4, 0.5) is 5.69 Å². The Balaban J connectivity index is 1.23. The number of unbranched alkanes of at least 4 members (excludes halogenated alkanes) is 2. The fraction of sp³-hybridized carbons (Fsp3) is 0.346. The number of benzene rings is 2. The Hall–Kier alpha value is -4.01. The van der Waals surface area contributed by atoms with Gasteiger partial charge in [0.05, 0.1) is 0 Å². The molecule has 3 N–H and O–H groups in total. The molecule has 0 spiro atoms. The van der Waals surface area contributed by atoms with Crippen LogP contribution in [-0.4, -0.2) is 47.0 Å². The summed E-state index contributed by atoms with van der Waals surface area (Å²) in [6.45, 7) is 0.748. The maximum absolute atomic E-state index is 12.9. The third-order valence-electron chi connectivity index (χ3n) is 6.26. The molecule has 2 aromatic rings. The Morgan fingerprint density at radius 2 is 1.77 bits per heavy atom. The number of carbonyl (C=O) groups excluding carboxylic acids is 5. The molecule has 0 aliphatic carbocycles. The molecule has 182 valence electrons. The first kappa shape index (κ1) is 24.1. The van der Waals surface area contributed by atoms with Crippen molar-refractivity contribution in [2.45, 2.75) is 51.1 Å². The molecule has 2 aromatic carbocycles. The highest BCUT2D eigenvalue weighted by atomic mass is 16.2. The summed E-state index contributed by atoms with van der Waals surface area (Å²) in [5.74, 6) is -1.33. The zero-order chi connectivity index (χ0) is 24.8. The number of fused-ring (bicyclic) bond motifs is 1. The van der Waals surface area contributed by atoms with Crippen LogP contribution in [0.3, 0.4) is 0 Å². The van der Waals surface area contributed by atoms with E-state index in [9.17, 15) is 24.0 Å². The van der Waals surface area contributed by atoms with Crippen molar-refractivity contribution in [1.29, 1.82) is 0 Å². The van der Waals surface area contributed by atoms with Crippen molar-refractivity contribution < 1.29 is 24.0 Å². The van der Waals surface area contributed by atoms with E-state index in [-0.39, 0.29) is 43.0 Å². The van der Waals surface area contributed by atoms with E-state index < -0.39 is 11.9 Å². The minimum Gasteiger partial charge on any atom is -0.352 e. The fourth-order valence-electron chi connectivity index (χ4n) is 4.40. The largest absolute Gasteiger partial charge is 0.352 e. The highest BCUT2D eigenvalue weighted by Gasteiger charge is 2.39. The van der Waals surface area contributed by atoms with Gasteiger partial charge in [-0.2, -0.15) is 0 Å². The third kappa shape index (κ3) is 5.74. The zero-order valence-corrected chi connectivity index (χ0v) is 19.3. The first-order valence-corrected chi connectivity index (χ1v) is 11.8. The van der Waals surface area contributed by atoms with Gasteiger partial charge in [-0.15, -0.1) is 0 Å². The normalized spacial score (nSPS) is 17.1. The lowest BCUT2D eigenvalue weighted by Gasteiger charge is -2.29. The second kappa shape index (κ2) is 10.9. The van der Waals surface area contributed by atoms with Crippen molar-refractivity contribution in [2.75, 3.05) is 11.9 Å². The summed E-state index contributed by atoms with van der Waals surface area (Å²) in [5.41, 5.74) is 2.32. The van der Waals surface area contributed by atoms with E-state index in [4.69, 9.17) is 0 Å². The van der Waals surface area contributed by atoms with Crippen LogP contribution in [0.25, 0.3) is 0 Å². The molecule has 1 saturated heterocycles. The van der Waals surface area contributed by atoms with Crippen molar-refractivity contribution in [3.8, 4) is 0 Å². The second-order valence-electron chi connectivity index (χ2n) is 8.71. The number of nitrogens with one attached hydrogen (secondary N) is 3. The molecule has 1 atom stereocenters. The minimum atomic E-state index is -0.696. The van der Waals surface area contributed by atoms with E-state index in [1.54, 1.807) is 30.3 Å². The molecule has 9 nitrogen and oxygen atoms in total. The summed E-state index contributed by atoms with van der Waals surface area (Å²) in [5, 5.41) is 8.05. The molecule has 0 radical (unpaired) electrons. The topological polar surface area (TPSA) is 125 Å². The Morgan fingerprint density at radius 1 is 0.971 bits per heavy atom. The van der Waals surface area contributed by atoms with Gasteiger partial charge in [0, 0.05) is 48.3 Å². The number of nitrogens with zero attached hydrogens (tertiary/aromatic N) is 1. The average molecular weight is 477 g/mol. The Bertz CT molecular complexity index is 1150. The van der Waals surface area contributed by atoms with Gasteiger partial charge in [-0.3, -0.25) is 29.3 Å². The van der Waals surface area contributed by atoms with Crippen molar-refractivity contribution in [2.24, 2.45) is 0 Å². The van der Waals surface area contributed by atoms with E-state index in [2.05, 4.69) is 16.0 Å². The monoisotopic (exact) mass is 476 g/mol. The van der Waals surface area contributed by atoms with Crippen molar-refractivity contribution in [1.82, 2.24) is 15.5 Å². The van der Waals surface area contributed by atoms with Gasteiger partial charge in [0.1, 0.15) is 6.04 Å². The lowest BCUT2D eigenvalue weighted by molar-refractivity contribution is -0.137.